The summed E-state index contributed by atoms with van der Waals surface area (Å²) in [7, 11) is 1.41. The minimum absolute atomic E-state index is 0.0277. The lowest BCUT2D eigenvalue weighted by atomic mass is 9.90. The van der Waals surface area contributed by atoms with Gasteiger partial charge in [-0.2, -0.15) is 0 Å². The van der Waals surface area contributed by atoms with Crippen LogP contribution in [0, 0.1) is 0 Å². The molecule has 0 radical (unpaired) electrons. The number of nitrogens with zero attached hydrogens (tertiary/aromatic N) is 1. The maximum Gasteiger partial charge on any atom is 0.336 e. The Labute approximate surface area is 112 Å². The van der Waals surface area contributed by atoms with E-state index in [1.807, 2.05) is 6.92 Å². The van der Waals surface area contributed by atoms with Crippen LogP contribution in [0.25, 0.3) is 0 Å². The molecule has 1 amide bonds. The van der Waals surface area contributed by atoms with Crippen molar-refractivity contribution >= 4 is 11.9 Å². The van der Waals surface area contributed by atoms with Crippen LogP contribution >= 0.6 is 0 Å². The molecule has 0 saturated carbocycles. The van der Waals surface area contributed by atoms with Gasteiger partial charge in [0.25, 0.3) is 5.91 Å². The molecule has 6 heteroatoms. The van der Waals surface area contributed by atoms with Gasteiger partial charge >= 0.3 is 5.97 Å². The highest BCUT2D eigenvalue weighted by molar-refractivity contribution is 5.86. The fourth-order valence-electron chi connectivity index (χ4n) is 2.86. The van der Waals surface area contributed by atoms with E-state index in [-0.39, 0.29) is 5.91 Å². The molecule has 108 valence electrons. The molecule has 1 unspecified atom stereocenters. The van der Waals surface area contributed by atoms with Crippen LogP contribution in [-0.2, 0) is 19.1 Å². The minimum Gasteiger partial charge on any atom is -0.479 e. The minimum atomic E-state index is -1.14. The van der Waals surface area contributed by atoms with E-state index in [1.54, 1.807) is 4.90 Å². The van der Waals surface area contributed by atoms with Gasteiger partial charge in [-0.3, -0.25) is 4.79 Å². The largest absolute Gasteiger partial charge is 0.479 e. The predicted octanol–water partition coefficient (Wildman–Crippen LogP) is 0.648. The van der Waals surface area contributed by atoms with Crippen LogP contribution in [0.3, 0.4) is 0 Å². The number of carbonyl (C=O) groups is 2. The molecule has 0 aromatic carbocycles. The molecule has 0 aromatic rings. The molecule has 19 heavy (non-hydrogen) atoms. The molecule has 2 fully saturated rings. The number of carboxylic acid groups (broad SMARTS) is 1. The van der Waals surface area contributed by atoms with Gasteiger partial charge in [-0.1, -0.05) is 0 Å². The average Bonchev–Trinajstić information content (AvgIpc) is 2.86. The lowest BCUT2D eigenvalue weighted by Crippen LogP contribution is -2.55. The van der Waals surface area contributed by atoms with Gasteiger partial charge in [-0.05, 0) is 19.8 Å². The molecule has 2 rings (SSSR count). The third kappa shape index (κ3) is 2.47. The van der Waals surface area contributed by atoms with Gasteiger partial charge in [-0.15, -0.1) is 0 Å². The Morgan fingerprint density at radius 3 is 2.32 bits per heavy atom. The predicted molar refractivity (Wildman–Crippen MR) is 66.8 cm³/mol. The number of hydrogen-bond donors (Lipinski definition) is 1. The molecular weight excluding hydrogens is 250 g/mol. The zero-order valence-corrected chi connectivity index (χ0v) is 11.5. The second kappa shape index (κ2) is 5.09. The van der Waals surface area contributed by atoms with Crippen molar-refractivity contribution in [1.29, 1.82) is 0 Å². The number of carbonyl (C=O) groups excluding carboxylic acids is 1. The van der Waals surface area contributed by atoms with Crippen molar-refractivity contribution in [2.24, 2.45) is 0 Å². The first-order valence-corrected chi connectivity index (χ1v) is 6.65. The molecule has 0 bridgehead atoms. The maximum absolute atomic E-state index is 12.4. The van der Waals surface area contributed by atoms with E-state index < -0.39 is 17.2 Å². The van der Waals surface area contributed by atoms with Crippen LogP contribution in [0.1, 0.15) is 32.6 Å². The fraction of sp³-hybridized carbons (Fsp3) is 0.846. The topological polar surface area (TPSA) is 76.1 Å². The molecule has 1 atom stereocenters. The van der Waals surface area contributed by atoms with Crippen molar-refractivity contribution in [2.75, 3.05) is 26.8 Å². The number of carboxylic acids is 1. The van der Waals surface area contributed by atoms with Gasteiger partial charge in [0.05, 0.1) is 0 Å². The number of methoxy groups -OCH3 is 1. The third-order valence-electron chi connectivity index (χ3n) is 4.31. The first kappa shape index (κ1) is 14.3. The summed E-state index contributed by atoms with van der Waals surface area (Å²) in [4.78, 5) is 25.4. The second-order valence-electron chi connectivity index (χ2n) is 5.48. The van der Waals surface area contributed by atoms with Crippen molar-refractivity contribution in [1.82, 2.24) is 4.90 Å². The van der Waals surface area contributed by atoms with Crippen LogP contribution in [0.5, 0.6) is 0 Å². The van der Waals surface area contributed by atoms with Crippen LogP contribution in [0.15, 0.2) is 0 Å². The quantitative estimate of drug-likeness (QED) is 0.815. The molecule has 0 spiro atoms. The molecule has 2 aliphatic rings. The van der Waals surface area contributed by atoms with E-state index in [0.29, 0.717) is 32.5 Å². The molecular formula is C13H21NO5. The number of amides is 1. The highest BCUT2D eigenvalue weighted by Gasteiger charge is 2.46. The average molecular weight is 271 g/mol. The molecule has 6 nitrogen and oxygen atoms in total. The van der Waals surface area contributed by atoms with E-state index in [1.165, 1.54) is 7.11 Å². The summed E-state index contributed by atoms with van der Waals surface area (Å²) in [6.45, 7) is 3.24. The van der Waals surface area contributed by atoms with Crippen molar-refractivity contribution in [3.05, 3.63) is 0 Å². The SMILES string of the molecule is COC1(C(=O)O)CCN(C(=O)C2(C)CCCO2)CC1. The highest BCUT2D eigenvalue weighted by Crippen LogP contribution is 2.31. The van der Waals surface area contributed by atoms with E-state index in [4.69, 9.17) is 9.47 Å². The summed E-state index contributed by atoms with van der Waals surface area (Å²) in [6.07, 6.45) is 2.27. The number of aliphatic carboxylic acids is 1. The Bertz CT molecular complexity index is 367. The number of hydrogen-bond acceptors (Lipinski definition) is 4. The highest BCUT2D eigenvalue weighted by atomic mass is 16.5. The normalized spacial score (nSPS) is 30.3. The molecule has 2 heterocycles. The Morgan fingerprint density at radius 1 is 1.26 bits per heavy atom. The maximum atomic E-state index is 12.4. The summed E-state index contributed by atoms with van der Waals surface area (Å²) in [5, 5.41) is 9.22. The monoisotopic (exact) mass is 271 g/mol. The summed E-state index contributed by atoms with van der Waals surface area (Å²) in [5.41, 5.74) is -1.87. The Kier molecular flexibility index (Phi) is 3.82. The van der Waals surface area contributed by atoms with Crippen molar-refractivity contribution in [3.63, 3.8) is 0 Å². The first-order chi connectivity index (χ1) is 8.93. The fourth-order valence-corrected chi connectivity index (χ4v) is 2.86. The lowest BCUT2D eigenvalue weighted by Gasteiger charge is -2.40. The van der Waals surface area contributed by atoms with Gasteiger partial charge in [0.2, 0.25) is 0 Å². The number of piperidine rings is 1. The van der Waals surface area contributed by atoms with Gasteiger partial charge in [-0.25, -0.2) is 4.79 Å². The Hall–Kier alpha value is -1.14. The Balaban J connectivity index is 2.00. The molecule has 0 aliphatic carbocycles. The van der Waals surface area contributed by atoms with E-state index in [0.717, 1.165) is 12.8 Å². The first-order valence-electron chi connectivity index (χ1n) is 6.65. The standard InChI is InChI=1S/C13H21NO5/c1-12(4-3-9-19-12)10(15)14-7-5-13(18-2,6-8-14)11(16)17/h3-9H2,1-2H3,(H,16,17). The van der Waals surface area contributed by atoms with Crippen molar-refractivity contribution < 1.29 is 24.2 Å². The van der Waals surface area contributed by atoms with Gasteiger partial charge in [0, 0.05) is 39.6 Å². The summed E-state index contributed by atoms with van der Waals surface area (Å²) in [6, 6.07) is 0. The van der Waals surface area contributed by atoms with Gasteiger partial charge in [0.1, 0.15) is 5.60 Å². The van der Waals surface area contributed by atoms with Crippen molar-refractivity contribution in [3.8, 4) is 0 Å². The summed E-state index contributed by atoms with van der Waals surface area (Å²) in [5.74, 6) is -0.981. The van der Waals surface area contributed by atoms with Crippen LogP contribution in [0.4, 0.5) is 0 Å². The van der Waals surface area contributed by atoms with Crippen molar-refractivity contribution in [2.45, 2.75) is 43.8 Å². The van der Waals surface area contributed by atoms with Crippen LogP contribution in [-0.4, -0.2) is 59.9 Å². The molecule has 1 N–H and O–H groups in total. The van der Waals surface area contributed by atoms with E-state index in [2.05, 4.69) is 0 Å². The number of likely N-dealkylation sites (tertiary alicyclic amines) is 1. The van der Waals surface area contributed by atoms with E-state index in [9.17, 15) is 14.7 Å². The number of rotatable bonds is 3. The van der Waals surface area contributed by atoms with Gasteiger partial charge in [0.15, 0.2) is 5.60 Å². The second-order valence-corrected chi connectivity index (χ2v) is 5.48. The molecule has 2 saturated heterocycles. The van der Waals surface area contributed by atoms with E-state index >= 15 is 0 Å². The van der Waals surface area contributed by atoms with Crippen LogP contribution in [0.2, 0.25) is 0 Å². The summed E-state index contributed by atoms with van der Waals surface area (Å²) >= 11 is 0. The Morgan fingerprint density at radius 2 is 1.89 bits per heavy atom. The zero-order chi connectivity index (χ0) is 14.1. The molecule has 2 aliphatic heterocycles. The van der Waals surface area contributed by atoms with Crippen LogP contribution < -0.4 is 0 Å². The smallest absolute Gasteiger partial charge is 0.336 e. The zero-order valence-electron chi connectivity index (χ0n) is 11.5. The molecule has 0 aromatic heterocycles. The summed E-state index contributed by atoms with van der Waals surface area (Å²) < 4.78 is 10.7. The lowest BCUT2D eigenvalue weighted by molar-refractivity contribution is -0.173. The third-order valence-corrected chi connectivity index (χ3v) is 4.31. The van der Waals surface area contributed by atoms with Gasteiger partial charge < -0.3 is 19.5 Å². The number of ether oxygens (including phenoxy) is 2.